The fraction of sp³-hybridized carbons (Fsp3) is 0.714. The molecule has 0 radical (unpaired) electrons. The Labute approximate surface area is 115 Å². The van der Waals surface area contributed by atoms with Crippen LogP contribution in [0.25, 0.3) is 0 Å². The van der Waals surface area contributed by atoms with Gasteiger partial charge in [-0.1, -0.05) is 0 Å². The van der Waals surface area contributed by atoms with E-state index in [1.165, 1.54) is 24.2 Å². The number of likely N-dealkylation sites (tertiary alicyclic amines) is 1. The van der Waals surface area contributed by atoms with Crippen molar-refractivity contribution >= 4 is 11.6 Å². The van der Waals surface area contributed by atoms with Gasteiger partial charge in [-0.05, 0) is 40.0 Å². The first-order valence-corrected chi connectivity index (χ1v) is 7.13. The molecule has 1 aliphatic rings. The van der Waals surface area contributed by atoms with E-state index >= 15 is 0 Å². The summed E-state index contributed by atoms with van der Waals surface area (Å²) in [4.78, 5) is 13.6. The van der Waals surface area contributed by atoms with Crippen molar-refractivity contribution in [2.45, 2.75) is 46.1 Å². The standard InChI is InChI=1S/C14H24N4O/c1-10-7-5-6-8-18(10)9-13(19)15-14-11(2)16-17(4)12(14)3/h10H,5-9H2,1-4H3,(H,15,19)/p+1/t10-/m0/s1. The summed E-state index contributed by atoms with van der Waals surface area (Å²) in [6.45, 7) is 7.82. The number of nitrogens with zero attached hydrogens (tertiary/aromatic N) is 2. The second-order valence-electron chi connectivity index (χ2n) is 5.70. The van der Waals surface area contributed by atoms with Crippen LogP contribution in [0.4, 0.5) is 5.69 Å². The first-order chi connectivity index (χ1) is 8.99. The molecule has 1 unspecified atom stereocenters. The number of rotatable bonds is 3. The number of aromatic nitrogens is 2. The maximum atomic E-state index is 12.2. The molecule has 1 fully saturated rings. The highest BCUT2D eigenvalue weighted by atomic mass is 16.2. The molecule has 5 heteroatoms. The Balaban J connectivity index is 1.97. The van der Waals surface area contributed by atoms with Crippen molar-refractivity contribution in [3.8, 4) is 0 Å². The van der Waals surface area contributed by atoms with E-state index in [9.17, 15) is 4.79 Å². The van der Waals surface area contributed by atoms with Crippen molar-refractivity contribution in [2.75, 3.05) is 18.4 Å². The summed E-state index contributed by atoms with van der Waals surface area (Å²) in [5.41, 5.74) is 2.76. The van der Waals surface area contributed by atoms with Gasteiger partial charge in [0.1, 0.15) is 0 Å². The minimum absolute atomic E-state index is 0.1000. The van der Waals surface area contributed by atoms with Gasteiger partial charge in [-0.2, -0.15) is 5.10 Å². The molecule has 1 aromatic heterocycles. The highest BCUT2D eigenvalue weighted by Gasteiger charge is 2.24. The zero-order valence-corrected chi connectivity index (χ0v) is 12.4. The third kappa shape index (κ3) is 3.15. The molecule has 0 aromatic carbocycles. The molecule has 1 aromatic rings. The van der Waals surface area contributed by atoms with Crippen molar-refractivity contribution in [2.24, 2.45) is 7.05 Å². The number of hydrogen-bond acceptors (Lipinski definition) is 2. The zero-order valence-electron chi connectivity index (χ0n) is 12.4. The smallest absolute Gasteiger partial charge is 0.279 e. The van der Waals surface area contributed by atoms with Crippen molar-refractivity contribution in [3.05, 3.63) is 11.4 Å². The molecular formula is C14H25N4O+. The molecule has 1 saturated heterocycles. The molecule has 0 saturated carbocycles. The SMILES string of the molecule is Cc1nn(C)c(C)c1NC(=O)C[NH+]1CCCC[C@@H]1C. The van der Waals surface area contributed by atoms with Gasteiger partial charge in [-0.15, -0.1) is 0 Å². The average Bonchev–Trinajstić information content (AvgIpc) is 2.59. The Hall–Kier alpha value is -1.36. The van der Waals surface area contributed by atoms with Crippen LogP contribution < -0.4 is 10.2 Å². The Kier molecular flexibility index (Phi) is 4.24. The predicted molar refractivity (Wildman–Crippen MR) is 75.3 cm³/mol. The van der Waals surface area contributed by atoms with Gasteiger partial charge >= 0.3 is 0 Å². The number of piperidine rings is 1. The highest BCUT2D eigenvalue weighted by Crippen LogP contribution is 2.17. The Bertz CT molecular complexity index is 466. The lowest BCUT2D eigenvalue weighted by molar-refractivity contribution is -0.920. The van der Waals surface area contributed by atoms with Gasteiger partial charge in [0.2, 0.25) is 0 Å². The fourth-order valence-corrected chi connectivity index (χ4v) is 2.86. The molecule has 2 atom stereocenters. The molecule has 0 bridgehead atoms. The summed E-state index contributed by atoms with van der Waals surface area (Å²) in [6, 6.07) is 0.593. The van der Waals surface area contributed by atoms with Gasteiger partial charge in [-0.25, -0.2) is 0 Å². The van der Waals surface area contributed by atoms with Crippen molar-refractivity contribution in [1.29, 1.82) is 0 Å². The van der Waals surface area contributed by atoms with Crippen LogP contribution in [0.2, 0.25) is 0 Å². The van der Waals surface area contributed by atoms with E-state index in [1.807, 2.05) is 20.9 Å². The summed E-state index contributed by atoms with van der Waals surface area (Å²) in [7, 11) is 1.90. The van der Waals surface area contributed by atoms with Crippen molar-refractivity contribution in [1.82, 2.24) is 9.78 Å². The van der Waals surface area contributed by atoms with Gasteiger partial charge < -0.3 is 10.2 Å². The predicted octanol–water partition coefficient (Wildman–Crippen LogP) is 0.433. The van der Waals surface area contributed by atoms with Crippen LogP contribution >= 0.6 is 0 Å². The third-order valence-electron chi connectivity index (χ3n) is 4.24. The summed E-state index contributed by atoms with van der Waals surface area (Å²) < 4.78 is 1.81. The monoisotopic (exact) mass is 265 g/mol. The van der Waals surface area contributed by atoms with E-state index in [2.05, 4.69) is 17.3 Å². The van der Waals surface area contributed by atoms with Crippen molar-refractivity contribution in [3.63, 3.8) is 0 Å². The molecule has 19 heavy (non-hydrogen) atoms. The lowest BCUT2D eigenvalue weighted by Gasteiger charge is -2.29. The number of anilines is 1. The number of carbonyl (C=O) groups is 1. The van der Waals surface area contributed by atoms with E-state index in [0.29, 0.717) is 12.6 Å². The van der Waals surface area contributed by atoms with Gasteiger partial charge in [0.25, 0.3) is 5.91 Å². The number of aryl methyl sites for hydroxylation is 2. The Morgan fingerprint density at radius 1 is 1.47 bits per heavy atom. The quantitative estimate of drug-likeness (QED) is 0.833. The van der Waals surface area contributed by atoms with E-state index in [-0.39, 0.29) is 5.91 Å². The molecule has 2 N–H and O–H groups in total. The third-order valence-corrected chi connectivity index (χ3v) is 4.24. The second kappa shape index (κ2) is 5.74. The lowest BCUT2D eigenvalue weighted by atomic mass is 10.0. The maximum Gasteiger partial charge on any atom is 0.279 e. The van der Waals surface area contributed by atoms with Crippen LogP contribution in [0.5, 0.6) is 0 Å². The Morgan fingerprint density at radius 2 is 2.21 bits per heavy atom. The second-order valence-corrected chi connectivity index (χ2v) is 5.70. The molecule has 5 nitrogen and oxygen atoms in total. The van der Waals surface area contributed by atoms with E-state index < -0.39 is 0 Å². The molecule has 2 heterocycles. The zero-order chi connectivity index (χ0) is 14.0. The van der Waals surface area contributed by atoms with Crippen LogP contribution in [0.3, 0.4) is 0 Å². The summed E-state index contributed by atoms with van der Waals surface area (Å²) >= 11 is 0. The largest absolute Gasteiger partial charge is 0.325 e. The average molecular weight is 265 g/mol. The Morgan fingerprint density at radius 3 is 2.79 bits per heavy atom. The summed E-state index contributed by atoms with van der Waals surface area (Å²) in [5.74, 6) is 0.1000. The minimum Gasteiger partial charge on any atom is -0.325 e. The maximum absolute atomic E-state index is 12.2. The molecule has 1 aliphatic heterocycles. The molecule has 2 rings (SSSR count). The summed E-state index contributed by atoms with van der Waals surface area (Å²) in [6.07, 6.45) is 3.76. The van der Waals surface area contributed by atoms with Crippen LogP contribution in [-0.4, -0.2) is 34.8 Å². The molecule has 0 aliphatic carbocycles. The van der Waals surface area contributed by atoms with Gasteiger partial charge in [0.15, 0.2) is 6.54 Å². The topological polar surface area (TPSA) is 51.4 Å². The number of nitrogens with one attached hydrogen (secondary N) is 2. The summed E-state index contributed by atoms with van der Waals surface area (Å²) in [5, 5.41) is 7.34. The fourth-order valence-electron chi connectivity index (χ4n) is 2.86. The van der Waals surface area contributed by atoms with Crippen LogP contribution in [0.15, 0.2) is 0 Å². The number of amides is 1. The minimum atomic E-state index is 0.1000. The number of carbonyl (C=O) groups excluding carboxylic acids is 1. The van der Waals surface area contributed by atoms with Gasteiger partial charge in [0, 0.05) is 7.05 Å². The van der Waals surface area contributed by atoms with Crippen LogP contribution in [0, 0.1) is 13.8 Å². The molecular weight excluding hydrogens is 240 g/mol. The van der Waals surface area contributed by atoms with E-state index in [4.69, 9.17) is 0 Å². The molecule has 106 valence electrons. The lowest BCUT2D eigenvalue weighted by Crippen LogP contribution is -3.17. The number of hydrogen-bond donors (Lipinski definition) is 2. The molecule has 1 amide bonds. The number of quaternary nitrogens is 1. The first kappa shape index (κ1) is 14.1. The van der Waals surface area contributed by atoms with Gasteiger partial charge in [-0.3, -0.25) is 9.48 Å². The van der Waals surface area contributed by atoms with Crippen LogP contribution in [-0.2, 0) is 11.8 Å². The van der Waals surface area contributed by atoms with Crippen LogP contribution in [0.1, 0.15) is 37.6 Å². The van der Waals surface area contributed by atoms with E-state index in [1.54, 1.807) is 4.68 Å². The molecule has 0 spiro atoms. The normalized spacial score (nSPS) is 23.4. The van der Waals surface area contributed by atoms with Gasteiger partial charge in [0.05, 0.1) is 29.7 Å². The van der Waals surface area contributed by atoms with Crippen molar-refractivity contribution < 1.29 is 9.69 Å². The highest BCUT2D eigenvalue weighted by molar-refractivity contribution is 5.92. The van der Waals surface area contributed by atoms with E-state index in [0.717, 1.165) is 23.6 Å². The first-order valence-electron chi connectivity index (χ1n) is 7.13.